The van der Waals surface area contributed by atoms with E-state index < -0.39 is 0 Å². The van der Waals surface area contributed by atoms with Crippen molar-refractivity contribution >= 4 is 5.91 Å². The molecule has 1 unspecified atom stereocenters. The highest BCUT2D eigenvalue weighted by atomic mass is 16.2. The molecule has 0 radical (unpaired) electrons. The summed E-state index contributed by atoms with van der Waals surface area (Å²) in [5.41, 5.74) is -0.129. The van der Waals surface area contributed by atoms with Crippen LogP contribution in [0.5, 0.6) is 0 Å². The van der Waals surface area contributed by atoms with E-state index in [0.717, 1.165) is 58.3 Å². The molecule has 1 rings (SSSR count). The first-order valence-electron chi connectivity index (χ1n) is 7.24. The lowest BCUT2D eigenvalue weighted by Gasteiger charge is -2.26. The molecule has 4 nitrogen and oxygen atoms in total. The number of rotatable bonds is 8. The quantitative estimate of drug-likeness (QED) is 0.641. The van der Waals surface area contributed by atoms with E-state index in [1.54, 1.807) is 0 Å². The first kappa shape index (κ1) is 15.4. The van der Waals surface area contributed by atoms with Crippen molar-refractivity contribution in [2.24, 2.45) is 5.41 Å². The lowest BCUT2D eigenvalue weighted by atomic mass is 9.81. The molecule has 0 aliphatic carbocycles. The fourth-order valence-electron chi connectivity index (χ4n) is 2.69. The van der Waals surface area contributed by atoms with Crippen molar-refractivity contribution in [2.75, 3.05) is 40.3 Å². The number of nitrogens with zero attached hydrogens (tertiary/aromatic N) is 1. The average molecular weight is 255 g/mol. The van der Waals surface area contributed by atoms with E-state index in [0.29, 0.717) is 0 Å². The van der Waals surface area contributed by atoms with Crippen LogP contribution in [0.4, 0.5) is 0 Å². The fraction of sp³-hybridized carbons (Fsp3) is 0.929. The van der Waals surface area contributed by atoms with Gasteiger partial charge < -0.3 is 15.5 Å². The topological polar surface area (TPSA) is 44.4 Å². The summed E-state index contributed by atoms with van der Waals surface area (Å²) in [6.07, 6.45) is 5.29. The molecule has 1 heterocycles. The molecule has 106 valence electrons. The second kappa shape index (κ2) is 7.74. The highest BCUT2D eigenvalue weighted by Gasteiger charge is 2.39. The minimum Gasteiger partial charge on any atom is -0.356 e. The Kier molecular flexibility index (Phi) is 6.65. The highest BCUT2D eigenvalue weighted by molar-refractivity contribution is 5.83. The molecule has 0 aromatic heterocycles. The third-order valence-corrected chi connectivity index (χ3v) is 3.77. The molecule has 0 aromatic rings. The molecule has 0 saturated carbocycles. The van der Waals surface area contributed by atoms with Crippen LogP contribution in [0.3, 0.4) is 0 Å². The fourth-order valence-corrected chi connectivity index (χ4v) is 2.69. The minimum absolute atomic E-state index is 0.129. The molecular formula is C14H29N3O. The zero-order valence-electron chi connectivity index (χ0n) is 12.2. The van der Waals surface area contributed by atoms with Crippen molar-refractivity contribution in [3.05, 3.63) is 0 Å². The molecule has 0 aromatic carbocycles. The molecule has 1 aliphatic heterocycles. The Morgan fingerprint density at radius 2 is 2.17 bits per heavy atom. The summed E-state index contributed by atoms with van der Waals surface area (Å²) in [5.74, 6) is 0.263. The third-order valence-electron chi connectivity index (χ3n) is 3.77. The number of nitrogens with one attached hydrogen (secondary N) is 2. The van der Waals surface area contributed by atoms with Gasteiger partial charge in [0.2, 0.25) is 5.91 Å². The Morgan fingerprint density at radius 3 is 2.72 bits per heavy atom. The second-order valence-corrected chi connectivity index (χ2v) is 5.72. The van der Waals surface area contributed by atoms with E-state index in [4.69, 9.17) is 0 Å². The first-order valence-corrected chi connectivity index (χ1v) is 7.24. The van der Waals surface area contributed by atoms with E-state index in [1.807, 2.05) is 0 Å². The Labute approximate surface area is 111 Å². The van der Waals surface area contributed by atoms with Crippen molar-refractivity contribution in [1.29, 1.82) is 0 Å². The predicted octanol–water partition coefficient (Wildman–Crippen LogP) is 1.22. The maximum Gasteiger partial charge on any atom is 0.227 e. The van der Waals surface area contributed by atoms with Crippen molar-refractivity contribution in [3.63, 3.8) is 0 Å². The van der Waals surface area contributed by atoms with Gasteiger partial charge in [0.1, 0.15) is 0 Å². The van der Waals surface area contributed by atoms with Gasteiger partial charge in [0.15, 0.2) is 0 Å². The molecule has 18 heavy (non-hydrogen) atoms. The van der Waals surface area contributed by atoms with Crippen LogP contribution in [-0.4, -0.2) is 51.1 Å². The number of hydrogen-bond acceptors (Lipinski definition) is 3. The molecule has 1 amide bonds. The van der Waals surface area contributed by atoms with Crippen molar-refractivity contribution in [2.45, 2.75) is 39.0 Å². The van der Waals surface area contributed by atoms with E-state index in [-0.39, 0.29) is 11.3 Å². The molecule has 0 bridgehead atoms. The van der Waals surface area contributed by atoms with Gasteiger partial charge >= 0.3 is 0 Å². The van der Waals surface area contributed by atoms with Crippen LogP contribution in [0.25, 0.3) is 0 Å². The summed E-state index contributed by atoms with van der Waals surface area (Å²) < 4.78 is 0. The molecule has 1 fully saturated rings. The molecule has 1 saturated heterocycles. The van der Waals surface area contributed by atoms with Crippen LogP contribution < -0.4 is 10.6 Å². The summed E-state index contributed by atoms with van der Waals surface area (Å²) in [4.78, 5) is 14.5. The number of unbranched alkanes of at least 4 members (excludes halogenated alkanes) is 1. The molecular weight excluding hydrogens is 226 g/mol. The predicted molar refractivity (Wildman–Crippen MR) is 75.6 cm³/mol. The van der Waals surface area contributed by atoms with Gasteiger partial charge in [-0.2, -0.15) is 0 Å². The maximum atomic E-state index is 12.3. The van der Waals surface area contributed by atoms with Crippen molar-refractivity contribution in [3.8, 4) is 0 Å². The van der Waals surface area contributed by atoms with Gasteiger partial charge in [0, 0.05) is 13.1 Å². The van der Waals surface area contributed by atoms with Gasteiger partial charge in [0.25, 0.3) is 0 Å². The van der Waals surface area contributed by atoms with Crippen LogP contribution in [0.2, 0.25) is 0 Å². The van der Waals surface area contributed by atoms with E-state index >= 15 is 0 Å². The highest BCUT2D eigenvalue weighted by Crippen LogP contribution is 2.31. The summed E-state index contributed by atoms with van der Waals surface area (Å²) in [6, 6.07) is 0. The molecule has 2 N–H and O–H groups in total. The summed E-state index contributed by atoms with van der Waals surface area (Å²) in [5, 5.41) is 6.45. The lowest BCUT2D eigenvalue weighted by molar-refractivity contribution is -0.130. The zero-order chi connectivity index (χ0) is 13.4. The second-order valence-electron chi connectivity index (χ2n) is 5.72. The Morgan fingerprint density at radius 1 is 1.39 bits per heavy atom. The van der Waals surface area contributed by atoms with E-state index in [1.165, 1.54) is 0 Å². The van der Waals surface area contributed by atoms with E-state index in [2.05, 4.69) is 36.6 Å². The number of carbonyl (C=O) groups is 1. The summed E-state index contributed by atoms with van der Waals surface area (Å²) >= 11 is 0. The first-order chi connectivity index (χ1) is 8.60. The third kappa shape index (κ3) is 4.58. The van der Waals surface area contributed by atoms with Crippen LogP contribution in [0.1, 0.15) is 39.0 Å². The van der Waals surface area contributed by atoms with Gasteiger partial charge in [-0.15, -0.1) is 0 Å². The lowest BCUT2D eigenvalue weighted by Crippen LogP contribution is -2.42. The zero-order valence-corrected chi connectivity index (χ0v) is 12.2. The molecule has 1 atom stereocenters. The van der Waals surface area contributed by atoms with Gasteiger partial charge in [-0.1, -0.05) is 13.3 Å². The normalized spacial score (nSPS) is 23.6. The Bertz CT molecular complexity index is 247. The maximum absolute atomic E-state index is 12.3. The van der Waals surface area contributed by atoms with Crippen LogP contribution in [-0.2, 0) is 4.79 Å². The summed E-state index contributed by atoms with van der Waals surface area (Å²) in [6.45, 7) is 5.90. The number of carbonyl (C=O) groups excluding carboxylic acids is 1. The largest absolute Gasteiger partial charge is 0.356 e. The summed E-state index contributed by atoms with van der Waals surface area (Å²) in [7, 11) is 4.16. The number of hydrogen-bond donors (Lipinski definition) is 2. The Hall–Kier alpha value is -0.610. The Balaban J connectivity index is 2.25. The van der Waals surface area contributed by atoms with Crippen molar-refractivity contribution in [1.82, 2.24) is 15.5 Å². The number of amides is 1. The molecule has 4 heteroatoms. The van der Waals surface area contributed by atoms with Crippen molar-refractivity contribution < 1.29 is 4.79 Å². The van der Waals surface area contributed by atoms with E-state index in [9.17, 15) is 4.79 Å². The van der Waals surface area contributed by atoms with Gasteiger partial charge in [0.05, 0.1) is 5.41 Å². The van der Waals surface area contributed by atoms with Crippen LogP contribution in [0.15, 0.2) is 0 Å². The average Bonchev–Trinajstić information content (AvgIpc) is 2.78. The van der Waals surface area contributed by atoms with Gasteiger partial charge in [-0.3, -0.25) is 4.79 Å². The van der Waals surface area contributed by atoms with Crippen LogP contribution in [0, 0.1) is 5.41 Å². The minimum atomic E-state index is -0.129. The standard InChI is InChI=1S/C14H29N3O/c1-4-7-14(8-10-15-12-14)13(18)16-9-5-6-11-17(2)3/h15H,4-12H2,1-3H3,(H,16,18). The SMILES string of the molecule is CCCC1(C(=O)NCCCCN(C)C)CCNC1. The molecule has 1 aliphatic rings. The smallest absolute Gasteiger partial charge is 0.227 e. The van der Waals surface area contributed by atoms with Crippen LogP contribution >= 0.6 is 0 Å². The van der Waals surface area contributed by atoms with Gasteiger partial charge in [-0.05, 0) is 52.9 Å². The monoisotopic (exact) mass is 255 g/mol. The molecule has 0 spiro atoms. The van der Waals surface area contributed by atoms with Gasteiger partial charge in [-0.25, -0.2) is 0 Å².